The van der Waals surface area contributed by atoms with E-state index < -0.39 is 0 Å². The highest BCUT2D eigenvalue weighted by atomic mass is 16.5. The summed E-state index contributed by atoms with van der Waals surface area (Å²) >= 11 is 0. The molecule has 0 aliphatic carbocycles. The van der Waals surface area contributed by atoms with Crippen molar-refractivity contribution in [2.24, 2.45) is 0 Å². The van der Waals surface area contributed by atoms with E-state index in [1.807, 2.05) is 87.7 Å². The molecule has 164 valence electrons. The molecule has 0 aliphatic heterocycles. The Morgan fingerprint density at radius 1 is 1.00 bits per heavy atom. The topological polar surface area (TPSA) is 54.7 Å². The minimum absolute atomic E-state index is 0.0726. The average molecular weight is 429 g/mol. The highest BCUT2D eigenvalue weighted by molar-refractivity contribution is 6.07. The third-order valence-corrected chi connectivity index (χ3v) is 5.57. The number of benzene rings is 3. The molecular weight excluding hydrogens is 400 g/mol. The fourth-order valence-electron chi connectivity index (χ4n) is 3.86. The van der Waals surface area contributed by atoms with Crippen molar-refractivity contribution in [1.29, 1.82) is 0 Å². The van der Waals surface area contributed by atoms with Crippen LogP contribution < -0.4 is 10.1 Å². The summed E-state index contributed by atoms with van der Waals surface area (Å²) in [6.45, 7) is 2.78. The highest BCUT2D eigenvalue weighted by Crippen LogP contribution is 2.29. The van der Waals surface area contributed by atoms with E-state index in [2.05, 4.69) is 22.3 Å². The Kier molecular flexibility index (Phi) is 6.57. The largest absolute Gasteiger partial charge is 0.489 e. The van der Waals surface area contributed by atoms with E-state index in [1.54, 1.807) is 0 Å². The molecule has 0 saturated carbocycles. The number of likely N-dealkylation sites (N-methyl/N-ethyl adjacent to an activating group) is 1. The van der Waals surface area contributed by atoms with Crippen molar-refractivity contribution in [3.05, 3.63) is 101 Å². The zero-order chi connectivity index (χ0) is 22.5. The zero-order valence-electron chi connectivity index (χ0n) is 18.7. The molecule has 0 aliphatic rings. The molecule has 0 spiro atoms. The average Bonchev–Trinajstić information content (AvgIpc) is 3.14. The Labute approximate surface area is 188 Å². The third kappa shape index (κ3) is 4.84. The van der Waals surface area contributed by atoms with Gasteiger partial charge in [0.05, 0.1) is 11.6 Å². The molecule has 5 nitrogen and oxygen atoms in total. The Hall–Kier alpha value is -3.57. The fourth-order valence-corrected chi connectivity index (χ4v) is 3.86. The van der Waals surface area contributed by atoms with Gasteiger partial charge in [0.15, 0.2) is 0 Å². The van der Waals surface area contributed by atoms with Gasteiger partial charge in [-0.05, 0) is 50.3 Å². The van der Waals surface area contributed by atoms with E-state index in [0.29, 0.717) is 35.8 Å². The molecule has 4 aromatic rings. The van der Waals surface area contributed by atoms with Gasteiger partial charge in [0.2, 0.25) is 0 Å². The van der Waals surface area contributed by atoms with Crippen LogP contribution in [-0.4, -0.2) is 31.4 Å². The normalized spacial score (nSPS) is 12.1. The smallest absolute Gasteiger partial charge is 0.255 e. The van der Waals surface area contributed by atoms with Crippen LogP contribution in [0, 0.1) is 6.92 Å². The highest BCUT2D eigenvalue weighted by Gasteiger charge is 2.21. The first-order valence-corrected chi connectivity index (χ1v) is 10.7. The van der Waals surface area contributed by atoms with Crippen LogP contribution in [0.3, 0.4) is 0 Å². The lowest BCUT2D eigenvalue weighted by Crippen LogP contribution is -2.34. The lowest BCUT2D eigenvalue weighted by atomic mass is 10.1. The Morgan fingerprint density at radius 2 is 1.69 bits per heavy atom. The van der Waals surface area contributed by atoms with Gasteiger partial charge in [-0.15, -0.1) is 0 Å². The fraction of sp³-hybridized carbons (Fsp3) is 0.222. The second-order valence-corrected chi connectivity index (χ2v) is 8.07. The molecule has 32 heavy (non-hydrogen) atoms. The number of aryl methyl sites for hydroxylation is 1. The summed E-state index contributed by atoms with van der Waals surface area (Å²) in [6, 6.07) is 25.8. The van der Waals surface area contributed by atoms with E-state index in [4.69, 9.17) is 9.15 Å². The molecule has 5 heteroatoms. The maximum absolute atomic E-state index is 13.2. The molecule has 1 aromatic heterocycles. The predicted molar refractivity (Wildman–Crippen MR) is 127 cm³/mol. The Morgan fingerprint density at radius 3 is 2.38 bits per heavy atom. The van der Waals surface area contributed by atoms with Crippen LogP contribution in [0.15, 0.2) is 83.3 Å². The minimum Gasteiger partial charge on any atom is -0.489 e. The van der Waals surface area contributed by atoms with Crippen LogP contribution in [0.5, 0.6) is 5.75 Å². The summed E-state index contributed by atoms with van der Waals surface area (Å²) in [5.74, 6) is 1.15. The second kappa shape index (κ2) is 9.71. The van der Waals surface area contributed by atoms with Gasteiger partial charge >= 0.3 is 0 Å². The van der Waals surface area contributed by atoms with E-state index >= 15 is 0 Å². The third-order valence-electron chi connectivity index (χ3n) is 5.57. The standard InChI is InChI=1S/C27H28N2O3/c1-19-26(27(30)28-17-24(29(2)3)21-12-8-5-9-13-21)23-16-22(14-15-25(23)32-19)31-18-20-10-6-4-7-11-20/h4-16,24H,17-18H2,1-3H3,(H,28,30). The van der Waals surface area contributed by atoms with Crippen molar-refractivity contribution in [3.63, 3.8) is 0 Å². The van der Waals surface area contributed by atoms with E-state index in [9.17, 15) is 4.79 Å². The maximum Gasteiger partial charge on any atom is 0.255 e. The van der Waals surface area contributed by atoms with Crippen molar-refractivity contribution >= 4 is 16.9 Å². The number of carbonyl (C=O) groups is 1. The molecule has 1 heterocycles. The molecule has 1 amide bonds. The summed E-state index contributed by atoms with van der Waals surface area (Å²) in [5.41, 5.74) is 3.47. The van der Waals surface area contributed by atoms with Crippen molar-refractivity contribution in [2.75, 3.05) is 20.6 Å². The molecule has 1 N–H and O–H groups in total. The number of nitrogens with one attached hydrogen (secondary N) is 1. The lowest BCUT2D eigenvalue weighted by Gasteiger charge is -2.25. The Bertz CT molecular complexity index is 1180. The quantitative estimate of drug-likeness (QED) is 0.411. The van der Waals surface area contributed by atoms with Gasteiger partial charge in [0.25, 0.3) is 5.91 Å². The molecule has 0 radical (unpaired) electrons. The number of hydrogen-bond donors (Lipinski definition) is 1. The molecule has 0 saturated heterocycles. The number of hydrogen-bond acceptors (Lipinski definition) is 4. The number of fused-ring (bicyclic) bond motifs is 1. The number of amides is 1. The predicted octanol–water partition coefficient (Wildman–Crippen LogP) is 5.35. The first kappa shape index (κ1) is 21.7. The molecule has 3 aromatic carbocycles. The molecule has 1 atom stereocenters. The van der Waals surface area contributed by atoms with Gasteiger partial charge in [-0.1, -0.05) is 60.7 Å². The summed E-state index contributed by atoms with van der Waals surface area (Å²) in [5, 5.41) is 3.85. The van der Waals surface area contributed by atoms with Crippen LogP contribution in [0.25, 0.3) is 11.0 Å². The number of furan rings is 1. The van der Waals surface area contributed by atoms with Crippen LogP contribution >= 0.6 is 0 Å². The zero-order valence-corrected chi connectivity index (χ0v) is 18.7. The van der Waals surface area contributed by atoms with Gasteiger partial charge < -0.3 is 19.4 Å². The summed E-state index contributed by atoms with van der Waals surface area (Å²) in [7, 11) is 4.03. The molecule has 0 fully saturated rings. The van der Waals surface area contributed by atoms with Crippen molar-refractivity contribution in [1.82, 2.24) is 10.2 Å². The first-order valence-electron chi connectivity index (χ1n) is 10.7. The van der Waals surface area contributed by atoms with E-state index in [-0.39, 0.29) is 11.9 Å². The van der Waals surface area contributed by atoms with Gasteiger partial charge in [0.1, 0.15) is 23.7 Å². The van der Waals surface area contributed by atoms with Gasteiger partial charge in [0, 0.05) is 11.9 Å². The van der Waals surface area contributed by atoms with E-state index in [0.717, 1.165) is 16.5 Å². The van der Waals surface area contributed by atoms with E-state index in [1.165, 1.54) is 0 Å². The van der Waals surface area contributed by atoms with Crippen molar-refractivity contribution < 1.29 is 13.9 Å². The van der Waals surface area contributed by atoms with Crippen molar-refractivity contribution in [2.45, 2.75) is 19.6 Å². The first-order chi connectivity index (χ1) is 15.5. The second-order valence-electron chi connectivity index (χ2n) is 8.07. The monoisotopic (exact) mass is 428 g/mol. The SMILES string of the molecule is Cc1oc2ccc(OCc3ccccc3)cc2c1C(=O)NCC(c1ccccc1)N(C)C. The molecule has 4 rings (SSSR count). The van der Waals surface area contributed by atoms with Crippen molar-refractivity contribution in [3.8, 4) is 5.75 Å². The summed E-state index contributed by atoms with van der Waals surface area (Å²) in [6.07, 6.45) is 0. The molecule has 0 bridgehead atoms. The van der Waals surface area contributed by atoms with Crippen LogP contribution in [0.4, 0.5) is 0 Å². The van der Waals surface area contributed by atoms with Gasteiger partial charge in [-0.3, -0.25) is 4.79 Å². The number of rotatable bonds is 8. The molecule has 1 unspecified atom stereocenters. The van der Waals surface area contributed by atoms with Gasteiger partial charge in [-0.25, -0.2) is 0 Å². The number of nitrogens with zero attached hydrogens (tertiary/aromatic N) is 1. The van der Waals surface area contributed by atoms with Crippen LogP contribution in [-0.2, 0) is 6.61 Å². The van der Waals surface area contributed by atoms with Crippen LogP contribution in [0.2, 0.25) is 0 Å². The summed E-state index contributed by atoms with van der Waals surface area (Å²) < 4.78 is 11.8. The maximum atomic E-state index is 13.2. The lowest BCUT2D eigenvalue weighted by molar-refractivity contribution is 0.0942. The van der Waals surface area contributed by atoms with Gasteiger partial charge in [-0.2, -0.15) is 0 Å². The van der Waals surface area contributed by atoms with Crippen LogP contribution in [0.1, 0.15) is 33.3 Å². The Balaban J connectivity index is 1.52. The molecular formula is C27H28N2O3. The minimum atomic E-state index is -0.149. The number of ether oxygens (including phenoxy) is 1. The number of carbonyl (C=O) groups excluding carboxylic acids is 1. The summed E-state index contributed by atoms with van der Waals surface area (Å²) in [4.78, 5) is 15.3.